The number of amides is 1. The third-order valence-corrected chi connectivity index (χ3v) is 2.56. The predicted octanol–water partition coefficient (Wildman–Crippen LogP) is 0.853. The highest BCUT2D eigenvalue weighted by molar-refractivity contribution is 5.85. The molecule has 0 aromatic heterocycles. The summed E-state index contributed by atoms with van der Waals surface area (Å²) in [6, 6.07) is 0. The number of nitrogens with one attached hydrogen (secondary N) is 1. The molecule has 1 fully saturated rings. The van der Waals surface area contributed by atoms with Crippen LogP contribution in [0.15, 0.2) is 0 Å². The second kappa shape index (κ2) is 2.98. The third kappa shape index (κ3) is 2.21. The molecule has 13 heavy (non-hydrogen) atoms. The molecule has 3 heteroatoms. The van der Waals surface area contributed by atoms with Crippen molar-refractivity contribution in [1.29, 1.82) is 0 Å². The Morgan fingerprint density at radius 1 is 1.31 bits per heavy atom. The van der Waals surface area contributed by atoms with E-state index >= 15 is 0 Å². The average molecular weight is 184 g/mol. The molecule has 1 aliphatic heterocycles. The van der Waals surface area contributed by atoms with E-state index in [2.05, 4.69) is 19.2 Å². The Balaban J connectivity index is 2.87. The van der Waals surface area contributed by atoms with E-state index in [1.165, 1.54) is 0 Å². The fraction of sp³-hybridized carbons (Fsp3) is 0.900. The van der Waals surface area contributed by atoms with E-state index in [1.54, 1.807) is 0 Å². The molecular formula is C10H20N2O. The van der Waals surface area contributed by atoms with Crippen molar-refractivity contribution in [1.82, 2.24) is 10.2 Å². The lowest BCUT2D eigenvalue weighted by atomic mass is 9.93. The molecule has 0 spiro atoms. The largest absolute Gasteiger partial charge is 0.344 e. The molecule has 3 nitrogen and oxygen atoms in total. The van der Waals surface area contributed by atoms with Gasteiger partial charge in [0.25, 0.3) is 0 Å². The quantitative estimate of drug-likeness (QED) is 0.605. The van der Waals surface area contributed by atoms with Crippen LogP contribution in [-0.4, -0.2) is 36.5 Å². The van der Waals surface area contributed by atoms with Crippen molar-refractivity contribution in [3.63, 3.8) is 0 Å². The van der Waals surface area contributed by atoms with E-state index < -0.39 is 5.54 Å². The average Bonchev–Trinajstić information content (AvgIpc) is 2.03. The molecule has 1 N–H and O–H groups in total. The van der Waals surface area contributed by atoms with Crippen LogP contribution in [0.1, 0.15) is 27.7 Å². The second-order valence-electron chi connectivity index (χ2n) is 5.30. The fourth-order valence-corrected chi connectivity index (χ4v) is 1.78. The van der Waals surface area contributed by atoms with Crippen molar-refractivity contribution in [3.8, 4) is 0 Å². The van der Waals surface area contributed by atoms with Crippen molar-refractivity contribution in [2.75, 3.05) is 20.1 Å². The van der Waals surface area contributed by atoms with Gasteiger partial charge in [-0.25, -0.2) is 0 Å². The van der Waals surface area contributed by atoms with Crippen molar-refractivity contribution in [2.45, 2.75) is 33.2 Å². The molecule has 0 bridgehead atoms. The summed E-state index contributed by atoms with van der Waals surface area (Å²) in [4.78, 5) is 13.6. The number of carbonyl (C=O) groups excluding carboxylic acids is 1. The summed E-state index contributed by atoms with van der Waals surface area (Å²) in [6.45, 7) is 9.93. The zero-order valence-electron chi connectivity index (χ0n) is 9.27. The maximum atomic E-state index is 11.8. The smallest absolute Gasteiger partial charge is 0.242 e. The maximum Gasteiger partial charge on any atom is 0.242 e. The first-order valence-corrected chi connectivity index (χ1v) is 4.75. The van der Waals surface area contributed by atoms with Crippen LogP contribution in [0.3, 0.4) is 0 Å². The summed E-state index contributed by atoms with van der Waals surface area (Å²) in [5, 5.41) is 3.30. The topological polar surface area (TPSA) is 32.3 Å². The van der Waals surface area contributed by atoms with Crippen LogP contribution in [0.4, 0.5) is 0 Å². The van der Waals surface area contributed by atoms with E-state index in [4.69, 9.17) is 0 Å². The Kier molecular flexibility index (Phi) is 2.41. The van der Waals surface area contributed by atoms with E-state index in [9.17, 15) is 4.79 Å². The first kappa shape index (κ1) is 10.5. The number of carbonyl (C=O) groups is 1. The minimum absolute atomic E-state index is 0.165. The zero-order chi connectivity index (χ0) is 10.3. The van der Waals surface area contributed by atoms with E-state index in [0.29, 0.717) is 0 Å². The van der Waals surface area contributed by atoms with Gasteiger partial charge >= 0.3 is 0 Å². The molecular weight excluding hydrogens is 164 g/mol. The van der Waals surface area contributed by atoms with Crippen molar-refractivity contribution < 1.29 is 4.79 Å². The molecule has 1 aliphatic rings. The Labute approximate surface area is 80.5 Å². The summed E-state index contributed by atoms with van der Waals surface area (Å²) in [6.07, 6.45) is 0. The van der Waals surface area contributed by atoms with E-state index in [0.717, 1.165) is 13.1 Å². The highest BCUT2D eigenvalue weighted by Gasteiger charge is 2.37. The van der Waals surface area contributed by atoms with E-state index in [-0.39, 0.29) is 11.3 Å². The summed E-state index contributed by atoms with van der Waals surface area (Å²) >= 11 is 0. The lowest BCUT2D eigenvalue weighted by Gasteiger charge is -2.26. The highest BCUT2D eigenvalue weighted by atomic mass is 16.2. The van der Waals surface area contributed by atoms with Crippen LogP contribution in [-0.2, 0) is 4.79 Å². The van der Waals surface area contributed by atoms with Crippen LogP contribution in [0.5, 0.6) is 0 Å². The lowest BCUT2D eigenvalue weighted by Crippen LogP contribution is -2.50. The van der Waals surface area contributed by atoms with Crippen LogP contribution >= 0.6 is 0 Å². The standard InChI is InChI=1S/C10H20N2O/c1-9(2)6-11-10(3,4)8(13)12(5)7-9/h11H,6-7H2,1-5H3. The van der Waals surface area contributed by atoms with Crippen molar-refractivity contribution in [3.05, 3.63) is 0 Å². The van der Waals surface area contributed by atoms with Gasteiger partial charge in [0.15, 0.2) is 0 Å². The minimum Gasteiger partial charge on any atom is -0.344 e. The Morgan fingerprint density at radius 2 is 1.85 bits per heavy atom. The Hall–Kier alpha value is -0.570. The van der Waals surface area contributed by atoms with Gasteiger partial charge in [-0.3, -0.25) is 4.79 Å². The van der Waals surface area contributed by atoms with E-state index in [1.807, 2.05) is 25.8 Å². The molecule has 0 aromatic carbocycles. The summed E-state index contributed by atoms with van der Waals surface area (Å²) < 4.78 is 0. The zero-order valence-corrected chi connectivity index (χ0v) is 9.27. The molecule has 1 rings (SSSR count). The minimum atomic E-state index is -0.414. The van der Waals surface area contributed by atoms with Crippen LogP contribution < -0.4 is 5.32 Å². The van der Waals surface area contributed by atoms with Gasteiger partial charge in [0.2, 0.25) is 5.91 Å². The first-order chi connectivity index (χ1) is 5.75. The Morgan fingerprint density at radius 3 is 2.38 bits per heavy atom. The van der Waals surface area contributed by atoms with Gasteiger partial charge in [-0.2, -0.15) is 0 Å². The van der Waals surface area contributed by atoms with Crippen LogP contribution in [0.25, 0.3) is 0 Å². The van der Waals surface area contributed by atoms with Crippen LogP contribution in [0.2, 0.25) is 0 Å². The summed E-state index contributed by atoms with van der Waals surface area (Å²) in [7, 11) is 1.87. The Bertz CT molecular complexity index is 221. The molecule has 1 saturated heterocycles. The maximum absolute atomic E-state index is 11.8. The van der Waals surface area contributed by atoms with Gasteiger partial charge < -0.3 is 10.2 Å². The van der Waals surface area contributed by atoms with Gasteiger partial charge in [0.05, 0.1) is 5.54 Å². The van der Waals surface area contributed by atoms with Gasteiger partial charge in [0, 0.05) is 20.1 Å². The molecule has 1 amide bonds. The predicted molar refractivity (Wildman–Crippen MR) is 53.5 cm³/mol. The second-order valence-corrected chi connectivity index (χ2v) is 5.30. The first-order valence-electron chi connectivity index (χ1n) is 4.75. The highest BCUT2D eigenvalue weighted by Crippen LogP contribution is 2.22. The molecule has 0 unspecified atom stereocenters. The molecule has 0 aromatic rings. The van der Waals surface area contributed by atoms with Crippen molar-refractivity contribution >= 4 is 5.91 Å². The molecule has 0 radical (unpaired) electrons. The molecule has 1 heterocycles. The van der Waals surface area contributed by atoms with Gasteiger partial charge in [-0.1, -0.05) is 13.8 Å². The molecule has 0 atom stereocenters. The molecule has 0 saturated carbocycles. The van der Waals surface area contributed by atoms with Gasteiger partial charge in [0.1, 0.15) is 0 Å². The molecule has 0 aliphatic carbocycles. The fourth-order valence-electron chi connectivity index (χ4n) is 1.78. The number of nitrogens with zero attached hydrogens (tertiary/aromatic N) is 1. The summed E-state index contributed by atoms with van der Waals surface area (Å²) in [5.74, 6) is 0.179. The van der Waals surface area contributed by atoms with Gasteiger partial charge in [-0.05, 0) is 19.3 Å². The lowest BCUT2D eigenvalue weighted by molar-refractivity contribution is -0.135. The number of hydrogen-bond donors (Lipinski definition) is 1. The summed E-state index contributed by atoms with van der Waals surface area (Å²) in [5.41, 5.74) is -0.249. The third-order valence-electron chi connectivity index (χ3n) is 2.56. The normalized spacial score (nSPS) is 27.2. The number of likely N-dealkylation sites (N-methyl/N-ethyl adjacent to an activating group) is 1. The SMILES string of the molecule is CN1CC(C)(C)CNC(C)(C)C1=O. The van der Waals surface area contributed by atoms with Crippen molar-refractivity contribution in [2.24, 2.45) is 5.41 Å². The van der Waals surface area contributed by atoms with Gasteiger partial charge in [-0.15, -0.1) is 0 Å². The molecule has 76 valence electrons. The van der Waals surface area contributed by atoms with Crippen LogP contribution in [0, 0.1) is 5.41 Å². The monoisotopic (exact) mass is 184 g/mol. The number of rotatable bonds is 0. The number of hydrogen-bond acceptors (Lipinski definition) is 2.